The van der Waals surface area contributed by atoms with Crippen LogP contribution in [0, 0.1) is 0 Å². The van der Waals surface area contributed by atoms with E-state index < -0.39 is 0 Å². The largest absolute Gasteiger partial charge is 0.307 e. The van der Waals surface area contributed by atoms with Crippen LogP contribution in [0.5, 0.6) is 0 Å². The van der Waals surface area contributed by atoms with Crippen LogP contribution in [0.25, 0.3) is 0 Å². The monoisotopic (exact) mass is 206 g/mol. The molecule has 0 radical (unpaired) electrons. The fourth-order valence-corrected chi connectivity index (χ4v) is 2.26. The van der Waals surface area contributed by atoms with Gasteiger partial charge in [-0.15, -0.1) is 13.2 Å². The molecule has 2 aliphatic rings. The summed E-state index contributed by atoms with van der Waals surface area (Å²) >= 11 is 0. The minimum atomic E-state index is 1.30. The van der Waals surface area contributed by atoms with Crippen LogP contribution in [-0.4, -0.2) is 6.79 Å². The molecule has 0 spiro atoms. The molecule has 0 aromatic carbocycles. The van der Waals surface area contributed by atoms with Gasteiger partial charge in [0.1, 0.15) is 6.79 Å². The van der Waals surface area contributed by atoms with Crippen LogP contribution in [0.2, 0.25) is 0 Å². The van der Waals surface area contributed by atoms with Crippen molar-refractivity contribution in [1.29, 1.82) is 0 Å². The summed E-state index contributed by atoms with van der Waals surface area (Å²) in [5, 5.41) is 0. The first-order valence-corrected chi connectivity index (χ1v) is 5.55. The molecule has 0 atom stereocenters. The van der Waals surface area contributed by atoms with Gasteiger partial charge in [-0.2, -0.15) is 0 Å². The van der Waals surface area contributed by atoms with Crippen LogP contribution < -0.4 is 0 Å². The van der Waals surface area contributed by atoms with E-state index in [4.69, 9.17) is 4.79 Å². The smallest absolute Gasteiger partial charge is 0.106 e. The third-order valence-corrected chi connectivity index (χ3v) is 2.94. The topological polar surface area (TPSA) is 17.1 Å². The second-order valence-electron chi connectivity index (χ2n) is 3.73. The summed E-state index contributed by atoms with van der Waals surface area (Å²) in [6.07, 6.45) is 10.6. The maximum absolute atomic E-state index is 8.00. The van der Waals surface area contributed by atoms with Crippen LogP contribution in [0.4, 0.5) is 0 Å². The Morgan fingerprint density at radius 3 is 2.27 bits per heavy atom. The molecule has 0 N–H and O–H groups in total. The second kappa shape index (κ2) is 8.22. The van der Waals surface area contributed by atoms with E-state index in [-0.39, 0.29) is 0 Å². The van der Waals surface area contributed by atoms with E-state index in [1.54, 1.807) is 16.7 Å². The Hall–Kier alpha value is -1.11. The van der Waals surface area contributed by atoms with Gasteiger partial charge in [0.15, 0.2) is 0 Å². The van der Waals surface area contributed by atoms with E-state index in [2.05, 4.69) is 26.2 Å². The van der Waals surface area contributed by atoms with Crippen molar-refractivity contribution in [3.05, 3.63) is 36.0 Å². The molecular weight excluding hydrogens is 184 g/mol. The fourth-order valence-electron chi connectivity index (χ4n) is 2.26. The summed E-state index contributed by atoms with van der Waals surface area (Å²) in [7, 11) is 0. The standard InChI is InChI=1S/C11H16.C2H4.CH2O/c1-9-5-4-7-10-6-2-3-8-11(9)10;2*1-2/h7H,2-6,8H2,1H3;1-2H2;1H2. The Morgan fingerprint density at radius 1 is 1.07 bits per heavy atom. The van der Waals surface area contributed by atoms with Gasteiger partial charge in [-0.05, 0) is 56.6 Å². The third-order valence-electron chi connectivity index (χ3n) is 2.94. The van der Waals surface area contributed by atoms with E-state index in [1.165, 1.54) is 38.5 Å². The molecule has 2 rings (SSSR count). The van der Waals surface area contributed by atoms with Gasteiger partial charge >= 0.3 is 0 Å². The molecule has 0 aromatic rings. The van der Waals surface area contributed by atoms with Gasteiger partial charge < -0.3 is 4.79 Å². The molecule has 1 fully saturated rings. The third kappa shape index (κ3) is 3.86. The summed E-state index contributed by atoms with van der Waals surface area (Å²) in [5.41, 5.74) is 5.06. The highest BCUT2D eigenvalue weighted by Crippen LogP contribution is 2.35. The van der Waals surface area contributed by atoms with E-state index in [0.29, 0.717) is 0 Å². The summed E-state index contributed by atoms with van der Waals surface area (Å²) in [4.78, 5) is 8.00. The van der Waals surface area contributed by atoms with E-state index in [9.17, 15) is 0 Å². The van der Waals surface area contributed by atoms with E-state index in [1.807, 2.05) is 6.79 Å². The number of hydrogen-bond acceptors (Lipinski definition) is 1. The minimum absolute atomic E-state index is 1.30. The lowest BCUT2D eigenvalue weighted by molar-refractivity contribution is -0.0979. The van der Waals surface area contributed by atoms with Crippen LogP contribution in [0.3, 0.4) is 0 Å². The van der Waals surface area contributed by atoms with E-state index >= 15 is 0 Å². The van der Waals surface area contributed by atoms with Gasteiger partial charge in [0, 0.05) is 0 Å². The molecule has 1 nitrogen and oxygen atoms in total. The highest BCUT2D eigenvalue weighted by Gasteiger charge is 2.16. The molecule has 2 aliphatic carbocycles. The fraction of sp³-hybridized carbons (Fsp3) is 0.500. The number of allylic oxidation sites excluding steroid dienone is 4. The Balaban J connectivity index is 0.000000442. The van der Waals surface area contributed by atoms with Gasteiger partial charge in [0.2, 0.25) is 0 Å². The van der Waals surface area contributed by atoms with Crippen molar-refractivity contribution < 1.29 is 4.79 Å². The molecule has 0 saturated heterocycles. The SMILES string of the molecule is C=C.C=O.CC1=C2CCCCC2=CCC1. The minimum Gasteiger partial charge on any atom is -0.307 e. The molecule has 84 valence electrons. The highest BCUT2D eigenvalue weighted by molar-refractivity contribution is 5.39. The van der Waals surface area contributed by atoms with E-state index in [0.717, 1.165) is 0 Å². The number of hydrogen-bond donors (Lipinski definition) is 0. The Morgan fingerprint density at radius 2 is 1.67 bits per heavy atom. The van der Waals surface area contributed by atoms with Crippen LogP contribution in [-0.2, 0) is 4.79 Å². The number of carbonyl (C=O) groups excluding carboxylic acids is 1. The quantitative estimate of drug-likeness (QED) is 0.542. The molecule has 0 bridgehead atoms. The number of carbonyl (C=O) groups is 1. The average molecular weight is 206 g/mol. The first-order valence-electron chi connectivity index (χ1n) is 5.55. The maximum atomic E-state index is 8.00. The molecule has 0 aromatic heterocycles. The summed E-state index contributed by atoms with van der Waals surface area (Å²) in [5.74, 6) is 0. The average Bonchev–Trinajstić information content (AvgIpc) is 2.35. The molecule has 0 amide bonds. The zero-order chi connectivity index (χ0) is 11.7. The van der Waals surface area contributed by atoms with Crippen molar-refractivity contribution in [1.82, 2.24) is 0 Å². The Bertz CT molecular complexity index is 246. The normalized spacial score (nSPS) is 18.6. The first kappa shape index (κ1) is 13.9. The van der Waals surface area contributed by atoms with Crippen molar-refractivity contribution in [3.63, 3.8) is 0 Å². The lowest BCUT2D eigenvalue weighted by atomic mass is 9.82. The van der Waals surface area contributed by atoms with Gasteiger partial charge in [-0.25, -0.2) is 0 Å². The number of rotatable bonds is 0. The lowest BCUT2D eigenvalue weighted by Gasteiger charge is -2.24. The van der Waals surface area contributed by atoms with Crippen LogP contribution in [0.15, 0.2) is 36.0 Å². The summed E-state index contributed by atoms with van der Waals surface area (Å²) in [6.45, 7) is 10.3. The first-order chi connectivity index (χ1) is 7.38. The van der Waals surface area contributed by atoms with Gasteiger partial charge in [-0.3, -0.25) is 0 Å². The predicted molar refractivity (Wildman–Crippen MR) is 66.9 cm³/mol. The Kier molecular flexibility index (Phi) is 7.61. The van der Waals surface area contributed by atoms with Crippen molar-refractivity contribution >= 4 is 6.79 Å². The number of fused-ring (bicyclic) bond motifs is 1. The van der Waals surface area contributed by atoms with Crippen molar-refractivity contribution in [2.45, 2.75) is 45.4 Å². The molecule has 0 unspecified atom stereocenters. The van der Waals surface area contributed by atoms with Gasteiger partial charge in [-0.1, -0.05) is 11.6 Å². The van der Waals surface area contributed by atoms with Crippen molar-refractivity contribution in [2.24, 2.45) is 0 Å². The zero-order valence-electron chi connectivity index (χ0n) is 9.85. The molecule has 0 aliphatic heterocycles. The van der Waals surface area contributed by atoms with Crippen LogP contribution in [0.1, 0.15) is 45.4 Å². The highest BCUT2D eigenvalue weighted by atomic mass is 16.1. The molecular formula is C14H22O. The molecule has 15 heavy (non-hydrogen) atoms. The van der Waals surface area contributed by atoms with Gasteiger partial charge in [0.25, 0.3) is 0 Å². The zero-order valence-corrected chi connectivity index (χ0v) is 9.85. The molecule has 1 saturated carbocycles. The summed E-state index contributed by atoms with van der Waals surface area (Å²) < 4.78 is 0. The summed E-state index contributed by atoms with van der Waals surface area (Å²) in [6, 6.07) is 0. The predicted octanol–water partition coefficient (Wildman–Crippen LogP) is 4.21. The Labute approximate surface area is 93.6 Å². The molecule has 0 heterocycles. The van der Waals surface area contributed by atoms with Crippen LogP contribution >= 0.6 is 0 Å². The van der Waals surface area contributed by atoms with Crippen molar-refractivity contribution in [3.8, 4) is 0 Å². The van der Waals surface area contributed by atoms with Gasteiger partial charge in [0.05, 0.1) is 0 Å². The lowest BCUT2D eigenvalue weighted by Crippen LogP contribution is -2.04. The van der Waals surface area contributed by atoms with Crippen molar-refractivity contribution in [2.75, 3.05) is 0 Å². The molecule has 1 heteroatoms. The second-order valence-corrected chi connectivity index (χ2v) is 3.73. The maximum Gasteiger partial charge on any atom is 0.106 e.